The maximum absolute atomic E-state index is 11.5. The van der Waals surface area contributed by atoms with E-state index in [1.54, 1.807) is 6.92 Å². The van der Waals surface area contributed by atoms with Crippen LogP contribution in [0.3, 0.4) is 0 Å². The number of ketones is 1. The van der Waals surface area contributed by atoms with Crippen LogP contribution >= 0.6 is 0 Å². The number of carbonyl (C=O) groups excluding carboxylic acids is 1. The zero-order valence-electron chi connectivity index (χ0n) is 16.6. The first kappa shape index (κ1) is 18.0. The van der Waals surface area contributed by atoms with Crippen molar-refractivity contribution in [1.82, 2.24) is 0 Å². The zero-order valence-corrected chi connectivity index (χ0v) is 16.6. The van der Waals surface area contributed by atoms with Gasteiger partial charge in [-0.15, -0.1) is 0 Å². The van der Waals surface area contributed by atoms with Crippen LogP contribution in [0.25, 0.3) is 0 Å². The van der Waals surface area contributed by atoms with Gasteiger partial charge in [0.05, 0.1) is 6.10 Å². The van der Waals surface area contributed by atoms with Crippen molar-refractivity contribution in [2.24, 2.45) is 40.4 Å². The third kappa shape index (κ3) is 2.82. The lowest BCUT2D eigenvalue weighted by molar-refractivity contribution is -0.128. The van der Waals surface area contributed by atoms with Crippen molar-refractivity contribution in [1.29, 1.82) is 0 Å². The Morgan fingerprint density at radius 1 is 0.960 bits per heavy atom. The predicted octanol–water partition coefficient (Wildman–Crippen LogP) is 5.38. The second-order valence-corrected chi connectivity index (χ2v) is 10.6. The molecule has 5 unspecified atom stereocenters. The molecule has 0 aromatic heterocycles. The van der Waals surface area contributed by atoms with E-state index in [1.807, 2.05) is 0 Å². The normalized spacial score (nSPS) is 52.2. The molecule has 25 heavy (non-hydrogen) atoms. The van der Waals surface area contributed by atoms with Crippen LogP contribution in [0.5, 0.6) is 0 Å². The summed E-state index contributed by atoms with van der Waals surface area (Å²) in [5.74, 6) is 4.61. The van der Waals surface area contributed by atoms with Gasteiger partial charge in [-0.3, -0.25) is 0 Å². The number of hydrogen-bond donors (Lipinski definition) is 1. The second kappa shape index (κ2) is 6.36. The predicted molar refractivity (Wildman–Crippen MR) is 101 cm³/mol. The standard InChI is InChI=1S/C23H38O2/c1-15(24)4-5-16-7-9-20-19-8-6-17-14-18(25)10-12-23(17,3)21(19)11-13-22(16,20)2/h16-21,25H,4-14H2,1-3H3/t16?,17?,18-,19?,20?,21?,22-,23+/m1/s1. The molecule has 142 valence electrons. The third-order valence-electron chi connectivity index (χ3n) is 9.68. The van der Waals surface area contributed by atoms with E-state index in [0.29, 0.717) is 16.6 Å². The van der Waals surface area contributed by atoms with Crippen molar-refractivity contribution < 1.29 is 9.90 Å². The molecular formula is C23H38O2. The van der Waals surface area contributed by atoms with Crippen LogP contribution in [-0.2, 0) is 4.79 Å². The van der Waals surface area contributed by atoms with Gasteiger partial charge in [0.1, 0.15) is 5.78 Å². The summed E-state index contributed by atoms with van der Waals surface area (Å²) in [4.78, 5) is 11.5. The Bertz CT molecular complexity index is 528. The van der Waals surface area contributed by atoms with E-state index in [-0.39, 0.29) is 6.10 Å². The summed E-state index contributed by atoms with van der Waals surface area (Å²) in [7, 11) is 0. The molecular weight excluding hydrogens is 308 g/mol. The largest absolute Gasteiger partial charge is 0.393 e. The van der Waals surface area contributed by atoms with E-state index in [2.05, 4.69) is 13.8 Å². The second-order valence-electron chi connectivity index (χ2n) is 10.6. The van der Waals surface area contributed by atoms with E-state index >= 15 is 0 Å². The molecule has 8 atom stereocenters. The summed E-state index contributed by atoms with van der Waals surface area (Å²) in [5, 5.41) is 10.2. The Kier molecular flexibility index (Phi) is 4.58. The van der Waals surface area contributed by atoms with Gasteiger partial charge in [0, 0.05) is 6.42 Å². The molecule has 0 aromatic carbocycles. The van der Waals surface area contributed by atoms with E-state index in [4.69, 9.17) is 0 Å². The minimum Gasteiger partial charge on any atom is -0.393 e. The fourth-order valence-corrected chi connectivity index (χ4v) is 8.20. The molecule has 4 aliphatic carbocycles. The Morgan fingerprint density at radius 2 is 1.68 bits per heavy atom. The maximum atomic E-state index is 11.5. The Balaban J connectivity index is 1.53. The van der Waals surface area contributed by atoms with Crippen LogP contribution in [-0.4, -0.2) is 17.0 Å². The van der Waals surface area contributed by atoms with Crippen LogP contribution in [0.2, 0.25) is 0 Å². The summed E-state index contributed by atoms with van der Waals surface area (Å²) < 4.78 is 0. The lowest BCUT2D eigenvalue weighted by atomic mass is 9.44. The van der Waals surface area contributed by atoms with Gasteiger partial charge in [-0.2, -0.15) is 0 Å². The molecule has 2 nitrogen and oxygen atoms in total. The molecule has 4 saturated carbocycles. The molecule has 4 fully saturated rings. The fourth-order valence-electron chi connectivity index (χ4n) is 8.20. The number of Topliss-reactive ketones (excluding diaryl/α,β-unsaturated/α-hetero) is 1. The lowest BCUT2D eigenvalue weighted by Crippen LogP contribution is -2.53. The Labute approximate surface area is 154 Å². The van der Waals surface area contributed by atoms with Gasteiger partial charge in [-0.25, -0.2) is 0 Å². The average Bonchev–Trinajstić information content (AvgIpc) is 2.90. The van der Waals surface area contributed by atoms with E-state index in [0.717, 1.165) is 55.3 Å². The molecule has 0 aliphatic heterocycles. The van der Waals surface area contributed by atoms with Gasteiger partial charge < -0.3 is 9.90 Å². The first-order valence-electron chi connectivity index (χ1n) is 11.0. The topological polar surface area (TPSA) is 37.3 Å². The first-order chi connectivity index (χ1) is 11.8. The lowest BCUT2D eigenvalue weighted by Gasteiger charge is -2.61. The van der Waals surface area contributed by atoms with Gasteiger partial charge in [-0.05, 0) is 112 Å². The highest BCUT2D eigenvalue weighted by Gasteiger charge is 2.59. The molecule has 0 amide bonds. The molecule has 4 rings (SSSR count). The highest BCUT2D eigenvalue weighted by atomic mass is 16.3. The summed E-state index contributed by atoms with van der Waals surface area (Å²) in [6.07, 6.45) is 13.5. The van der Waals surface area contributed by atoms with Crippen molar-refractivity contribution in [2.45, 2.75) is 97.5 Å². The molecule has 0 bridgehead atoms. The monoisotopic (exact) mass is 346 g/mol. The van der Waals surface area contributed by atoms with Crippen LogP contribution in [0.4, 0.5) is 0 Å². The molecule has 0 radical (unpaired) electrons. The Morgan fingerprint density at radius 3 is 2.44 bits per heavy atom. The van der Waals surface area contributed by atoms with E-state index in [1.165, 1.54) is 44.9 Å². The van der Waals surface area contributed by atoms with Gasteiger partial charge in [0.25, 0.3) is 0 Å². The number of aliphatic hydroxyl groups is 1. The SMILES string of the molecule is CC(=O)CCC1CCC2C3CCC4C[C@H](O)CC[C@]4(C)C3CC[C@]12C. The first-order valence-corrected chi connectivity index (χ1v) is 11.0. The van der Waals surface area contributed by atoms with Crippen LogP contribution in [0.15, 0.2) is 0 Å². The average molecular weight is 347 g/mol. The molecule has 0 aromatic rings. The summed E-state index contributed by atoms with van der Waals surface area (Å²) in [6, 6.07) is 0. The van der Waals surface area contributed by atoms with Gasteiger partial charge >= 0.3 is 0 Å². The van der Waals surface area contributed by atoms with Gasteiger partial charge in [0.15, 0.2) is 0 Å². The number of aliphatic hydroxyl groups excluding tert-OH is 1. The smallest absolute Gasteiger partial charge is 0.129 e. The fraction of sp³-hybridized carbons (Fsp3) is 0.957. The molecule has 2 heteroatoms. The molecule has 4 aliphatic rings. The van der Waals surface area contributed by atoms with Crippen molar-refractivity contribution in [3.8, 4) is 0 Å². The van der Waals surface area contributed by atoms with Crippen molar-refractivity contribution in [3.05, 3.63) is 0 Å². The zero-order chi connectivity index (χ0) is 17.8. The quantitative estimate of drug-likeness (QED) is 0.745. The van der Waals surface area contributed by atoms with E-state index < -0.39 is 0 Å². The minimum atomic E-state index is -0.0362. The Hall–Kier alpha value is -0.370. The third-order valence-corrected chi connectivity index (χ3v) is 9.68. The highest BCUT2D eigenvalue weighted by molar-refractivity contribution is 5.75. The number of hydrogen-bond acceptors (Lipinski definition) is 2. The van der Waals surface area contributed by atoms with Crippen LogP contribution < -0.4 is 0 Å². The van der Waals surface area contributed by atoms with Gasteiger partial charge in [-0.1, -0.05) is 13.8 Å². The van der Waals surface area contributed by atoms with Crippen molar-refractivity contribution in [2.75, 3.05) is 0 Å². The summed E-state index contributed by atoms with van der Waals surface area (Å²) in [5.41, 5.74) is 0.981. The molecule has 0 heterocycles. The highest BCUT2D eigenvalue weighted by Crippen LogP contribution is 2.67. The summed E-state index contributed by atoms with van der Waals surface area (Å²) >= 11 is 0. The van der Waals surface area contributed by atoms with Crippen molar-refractivity contribution in [3.63, 3.8) is 0 Å². The molecule has 1 N–H and O–H groups in total. The van der Waals surface area contributed by atoms with Crippen LogP contribution in [0, 0.1) is 40.4 Å². The van der Waals surface area contributed by atoms with Crippen molar-refractivity contribution >= 4 is 5.78 Å². The molecule has 0 spiro atoms. The number of carbonyl (C=O) groups is 1. The minimum absolute atomic E-state index is 0.0362. The number of rotatable bonds is 3. The summed E-state index contributed by atoms with van der Waals surface area (Å²) in [6.45, 7) is 6.90. The van der Waals surface area contributed by atoms with Crippen LogP contribution in [0.1, 0.15) is 91.4 Å². The van der Waals surface area contributed by atoms with Gasteiger partial charge in [0.2, 0.25) is 0 Å². The number of fused-ring (bicyclic) bond motifs is 5. The maximum Gasteiger partial charge on any atom is 0.129 e. The van der Waals surface area contributed by atoms with E-state index in [9.17, 15) is 9.90 Å². The molecule has 0 saturated heterocycles.